The molecule has 0 saturated carbocycles. The maximum atomic E-state index is 2.71. The Kier molecular flexibility index (Phi) is 17.1. The highest BCUT2D eigenvalue weighted by atomic mass is 31.1. The van der Waals surface area contributed by atoms with Gasteiger partial charge in [0.05, 0.1) is 0 Å². The summed E-state index contributed by atoms with van der Waals surface area (Å²) >= 11 is 0. The van der Waals surface area contributed by atoms with Crippen LogP contribution in [-0.4, -0.2) is 83.4 Å². The molecule has 6 heteroatoms. The zero-order valence-corrected chi connectivity index (χ0v) is 21.0. The third-order valence-electron chi connectivity index (χ3n) is 5.19. The van der Waals surface area contributed by atoms with E-state index >= 15 is 0 Å². The number of nitrogens with zero attached hydrogens (tertiary/aromatic N) is 4. The third kappa shape index (κ3) is 8.80. The summed E-state index contributed by atoms with van der Waals surface area (Å²) < 4.78 is 10.8. The van der Waals surface area contributed by atoms with Crippen LogP contribution in [-0.2, 0) is 0 Å². The minimum Gasteiger partial charge on any atom is -0.270 e. The van der Waals surface area contributed by atoms with Crippen LogP contribution in [0.25, 0.3) is 0 Å². The molecule has 4 nitrogen and oxygen atoms in total. The van der Waals surface area contributed by atoms with Gasteiger partial charge in [0.25, 0.3) is 0 Å². The van der Waals surface area contributed by atoms with Gasteiger partial charge in [0.15, 0.2) is 0 Å². The first-order valence-electron chi connectivity index (χ1n) is 11.1. The van der Waals surface area contributed by atoms with Crippen molar-refractivity contribution in [3.8, 4) is 0 Å². The van der Waals surface area contributed by atoms with Crippen molar-refractivity contribution >= 4 is 16.4 Å². The predicted molar refractivity (Wildman–Crippen MR) is 124 cm³/mol. The molecule has 0 unspecified atom stereocenters. The standard InChI is InChI=1S/C20H48N4P2/c1-9-21(10-2)25(22(11-3)12-4)19-17-18-20-26(23(13-5)14-6)24(15-7)16-8/h9-20H2,1-8H3. The lowest BCUT2D eigenvalue weighted by Crippen LogP contribution is -2.31. The number of hydrogen-bond donors (Lipinski definition) is 0. The van der Waals surface area contributed by atoms with Crippen LogP contribution in [0.1, 0.15) is 68.2 Å². The minimum atomic E-state index is -0.117. The highest BCUT2D eigenvalue weighted by Crippen LogP contribution is 2.47. The summed E-state index contributed by atoms with van der Waals surface area (Å²) in [5, 5.41) is 0. The summed E-state index contributed by atoms with van der Waals surface area (Å²) in [4.78, 5) is 0. The molecule has 0 aliphatic carbocycles. The van der Waals surface area contributed by atoms with E-state index in [9.17, 15) is 0 Å². The molecule has 0 aromatic heterocycles. The Morgan fingerprint density at radius 1 is 0.385 bits per heavy atom. The fraction of sp³-hybridized carbons (Fsp3) is 1.00. The molecule has 0 radical (unpaired) electrons. The molecule has 0 atom stereocenters. The summed E-state index contributed by atoms with van der Waals surface area (Å²) in [7, 11) is -0.235. The maximum absolute atomic E-state index is 2.71. The minimum absolute atomic E-state index is 0.117. The monoisotopic (exact) mass is 406 g/mol. The van der Waals surface area contributed by atoms with Crippen LogP contribution >= 0.6 is 16.4 Å². The van der Waals surface area contributed by atoms with Crippen molar-refractivity contribution in [1.82, 2.24) is 18.7 Å². The first-order valence-corrected chi connectivity index (χ1v) is 14.0. The molecule has 0 rings (SSSR count). The zero-order chi connectivity index (χ0) is 19.9. The van der Waals surface area contributed by atoms with E-state index in [1.807, 2.05) is 0 Å². The molecule has 0 fully saturated rings. The van der Waals surface area contributed by atoms with Crippen LogP contribution in [0.3, 0.4) is 0 Å². The van der Waals surface area contributed by atoms with Crippen molar-refractivity contribution in [1.29, 1.82) is 0 Å². The molecule has 0 aromatic carbocycles. The molecular weight excluding hydrogens is 358 g/mol. The molecule has 0 aliphatic heterocycles. The second-order valence-corrected chi connectivity index (χ2v) is 11.1. The van der Waals surface area contributed by atoms with Gasteiger partial charge in [0.2, 0.25) is 0 Å². The van der Waals surface area contributed by atoms with E-state index in [1.165, 1.54) is 77.5 Å². The van der Waals surface area contributed by atoms with Crippen LogP contribution in [0.15, 0.2) is 0 Å². The van der Waals surface area contributed by atoms with Crippen molar-refractivity contribution in [2.24, 2.45) is 0 Å². The van der Waals surface area contributed by atoms with Gasteiger partial charge >= 0.3 is 0 Å². The third-order valence-corrected chi connectivity index (χ3v) is 11.5. The van der Waals surface area contributed by atoms with Gasteiger partial charge in [0, 0.05) is 68.8 Å². The highest BCUT2D eigenvalue weighted by Gasteiger charge is 2.23. The Hall–Kier alpha value is 0.700. The van der Waals surface area contributed by atoms with Crippen LogP contribution in [0.5, 0.6) is 0 Å². The molecule has 26 heavy (non-hydrogen) atoms. The van der Waals surface area contributed by atoms with E-state index in [4.69, 9.17) is 0 Å². The normalized spacial score (nSPS) is 12.7. The van der Waals surface area contributed by atoms with Gasteiger partial charge in [-0.3, -0.25) is 18.7 Å². The quantitative estimate of drug-likeness (QED) is 0.225. The van der Waals surface area contributed by atoms with Gasteiger partial charge in [-0.05, 0) is 25.2 Å². The molecule has 0 bridgehead atoms. The smallest absolute Gasteiger partial charge is 0.0394 e. The molecular formula is C20H48N4P2. The van der Waals surface area contributed by atoms with E-state index in [-0.39, 0.29) is 16.4 Å². The van der Waals surface area contributed by atoms with Gasteiger partial charge in [-0.2, -0.15) is 0 Å². The van der Waals surface area contributed by atoms with Crippen molar-refractivity contribution in [3.05, 3.63) is 0 Å². The Bertz CT molecular complexity index is 250. The van der Waals surface area contributed by atoms with Gasteiger partial charge < -0.3 is 0 Å². The second-order valence-electron chi connectivity index (χ2n) is 6.45. The molecule has 0 saturated heterocycles. The second kappa shape index (κ2) is 16.6. The Morgan fingerprint density at radius 2 is 0.577 bits per heavy atom. The summed E-state index contributed by atoms with van der Waals surface area (Å²) in [6, 6.07) is 0. The Labute approximate surface area is 168 Å². The van der Waals surface area contributed by atoms with E-state index in [1.54, 1.807) is 0 Å². The molecule has 0 spiro atoms. The van der Waals surface area contributed by atoms with E-state index in [0.717, 1.165) is 0 Å². The van der Waals surface area contributed by atoms with Gasteiger partial charge in [-0.15, -0.1) is 0 Å². The molecule has 0 aromatic rings. The lowest BCUT2D eigenvalue weighted by molar-refractivity contribution is 0.418. The molecule has 0 amide bonds. The Balaban J connectivity index is 4.78. The van der Waals surface area contributed by atoms with Crippen molar-refractivity contribution in [2.75, 3.05) is 64.7 Å². The van der Waals surface area contributed by atoms with Crippen molar-refractivity contribution < 1.29 is 0 Å². The van der Waals surface area contributed by atoms with Crippen molar-refractivity contribution in [3.63, 3.8) is 0 Å². The van der Waals surface area contributed by atoms with Gasteiger partial charge in [0.1, 0.15) is 0 Å². The molecule has 0 aliphatic rings. The largest absolute Gasteiger partial charge is 0.270 e. The predicted octanol–water partition coefficient (Wildman–Crippen LogP) is 5.76. The highest BCUT2D eigenvalue weighted by molar-refractivity contribution is 7.53. The summed E-state index contributed by atoms with van der Waals surface area (Å²) in [6.07, 6.45) is 5.50. The van der Waals surface area contributed by atoms with Gasteiger partial charge in [-0.25, -0.2) is 0 Å². The molecule has 0 heterocycles. The van der Waals surface area contributed by atoms with Crippen LogP contribution < -0.4 is 0 Å². The van der Waals surface area contributed by atoms with E-state index in [0.29, 0.717) is 0 Å². The average Bonchev–Trinajstić information content (AvgIpc) is 2.67. The molecule has 0 N–H and O–H groups in total. The number of rotatable bonds is 17. The SMILES string of the molecule is CCN(CC)P(CCCCP(N(CC)CC)N(CC)CC)N(CC)CC. The fourth-order valence-corrected chi connectivity index (χ4v) is 9.10. The molecule has 158 valence electrons. The Morgan fingerprint density at radius 3 is 0.731 bits per heavy atom. The fourth-order valence-electron chi connectivity index (χ4n) is 3.63. The number of unbranched alkanes of at least 4 members (excludes halogenated alkanes) is 1. The lowest BCUT2D eigenvalue weighted by Gasteiger charge is -2.39. The number of hydrogen-bond acceptors (Lipinski definition) is 4. The van der Waals surface area contributed by atoms with Crippen LogP contribution in [0.4, 0.5) is 0 Å². The van der Waals surface area contributed by atoms with E-state index in [2.05, 4.69) is 74.1 Å². The summed E-state index contributed by atoms with van der Waals surface area (Å²) in [5.41, 5.74) is 0. The first-order chi connectivity index (χ1) is 12.6. The summed E-state index contributed by atoms with van der Waals surface area (Å²) in [5.74, 6) is 0. The van der Waals surface area contributed by atoms with E-state index < -0.39 is 0 Å². The average molecular weight is 407 g/mol. The van der Waals surface area contributed by atoms with Crippen LogP contribution in [0.2, 0.25) is 0 Å². The van der Waals surface area contributed by atoms with Crippen LogP contribution in [0, 0.1) is 0 Å². The lowest BCUT2D eigenvalue weighted by atomic mass is 10.4. The summed E-state index contributed by atoms with van der Waals surface area (Å²) in [6.45, 7) is 28.1. The topological polar surface area (TPSA) is 13.0 Å². The first kappa shape index (κ1) is 26.7. The maximum Gasteiger partial charge on any atom is 0.0394 e. The zero-order valence-electron chi connectivity index (χ0n) is 19.2. The van der Waals surface area contributed by atoms with Crippen molar-refractivity contribution in [2.45, 2.75) is 68.2 Å². The van der Waals surface area contributed by atoms with Gasteiger partial charge in [-0.1, -0.05) is 55.4 Å².